The molecule has 0 aliphatic heterocycles. The third-order valence-corrected chi connectivity index (χ3v) is 6.15. The van der Waals surface area contributed by atoms with Crippen LogP contribution in [0.4, 0.5) is 0 Å². The molecule has 1 aliphatic carbocycles. The van der Waals surface area contributed by atoms with Gasteiger partial charge in [0.1, 0.15) is 6.54 Å². The van der Waals surface area contributed by atoms with Crippen molar-refractivity contribution < 1.29 is 4.79 Å². The van der Waals surface area contributed by atoms with Gasteiger partial charge in [-0.3, -0.25) is 4.79 Å². The molecule has 0 aromatic carbocycles. The van der Waals surface area contributed by atoms with E-state index in [9.17, 15) is 4.79 Å². The molecular formula is C17H28N4OS2. The van der Waals surface area contributed by atoms with Crippen LogP contribution >= 0.6 is 23.1 Å². The van der Waals surface area contributed by atoms with E-state index < -0.39 is 0 Å². The third kappa shape index (κ3) is 6.36. The summed E-state index contributed by atoms with van der Waals surface area (Å²) in [6.45, 7) is 0.907. The maximum Gasteiger partial charge on any atom is 0.243 e. The van der Waals surface area contributed by atoms with E-state index in [0.717, 1.165) is 24.2 Å². The molecule has 0 saturated heterocycles. The van der Waals surface area contributed by atoms with Gasteiger partial charge >= 0.3 is 0 Å². The highest BCUT2D eigenvalue weighted by Gasteiger charge is 2.22. The lowest BCUT2D eigenvalue weighted by Crippen LogP contribution is -2.46. The number of nitrogens with zero attached hydrogens (tertiary/aromatic N) is 2. The number of aliphatic imine (C=N–C) groups is 1. The average Bonchev–Trinajstić information content (AvgIpc) is 3.10. The zero-order valence-corrected chi connectivity index (χ0v) is 16.4. The predicted molar refractivity (Wildman–Crippen MR) is 105 cm³/mol. The number of hydrogen-bond acceptors (Lipinski definition) is 4. The van der Waals surface area contributed by atoms with Gasteiger partial charge in [0.15, 0.2) is 5.96 Å². The summed E-state index contributed by atoms with van der Waals surface area (Å²) in [5, 5.41) is 9.70. The number of likely N-dealkylation sites (N-methyl/N-ethyl adjacent to an activating group) is 1. The molecular weight excluding hydrogens is 340 g/mol. The van der Waals surface area contributed by atoms with Gasteiger partial charge in [0.25, 0.3) is 0 Å². The number of guanidine groups is 1. The van der Waals surface area contributed by atoms with Gasteiger partial charge in [0, 0.05) is 30.3 Å². The number of carbonyl (C=O) groups excluding carboxylic acids is 1. The minimum Gasteiger partial charge on any atom is -0.354 e. The lowest BCUT2D eigenvalue weighted by molar-refractivity contribution is -0.127. The summed E-state index contributed by atoms with van der Waals surface area (Å²) >= 11 is 3.67. The molecule has 1 aromatic heterocycles. The van der Waals surface area contributed by atoms with Crippen LogP contribution in [0.5, 0.6) is 0 Å². The van der Waals surface area contributed by atoms with Gasteiger partial charge in [0.2, 0.25) is 5.91 Å². The van der Waals surface area contributed by atoms with Gasteiger partial charge in [0.05, 0.1) is 6.54 Å². The molecule has 7 heteroatoms. The second-order valence-electron chi connectivity index (χ2n) is 6.25. The van der Waals surface area contributed by atoms with E-state index in [1.807, 2.05) is 17.8 Å². The Kier molecular flexibility index (Phi) is 7.91. The lowest BCUT2D eigenvalue weighted by Gasteiger charge is -2.30. The lowest BCUT2D eigenvalue weighted by atomic mass is 9.95. The minimum absolute atomic E-state index is 0.0119. The van der Waals surface area contributed by atoms with Gasteiger partial charge in [-0.2, -0.15) is 11.8 Å². The van der Waals surface area contributed by atoms with E-state index in [1.165, 1.54) is 24.1 Å². The highest BCUT2D eigenvalue weighted by atomic mass is 32.2. The largest absolute Gasteiger partial charge is 0.354 e. The molecule has 1 saturated carbocycles. The van der Waals surface area contributed by atoms with Crippen LogP contribution < -0.4 is 10.6 Å². The Hall–Kier alpha value is -1.21. The molecule has 2 N–H and O–H groups in total. The summed E-state index contributed by atoms with van der Waals surface area (Å²) in [5.74, 6) is 0.753. The van der Waals surface area contributed by atoms with E-state index in [-0.39, 0.29) is 12.5 Å². The number of hydrogen-bond donors (Lipinski definition) is 2. The number of nitrogens with one attached hydrogen (secondary N) is 2. The Morgan fingerprint density at radius 3 is 2.96 bits per heavy atom. The van der Waals surface area contributed by atoms with Crippen molar-refractivity contribution in [2.75, 3.05) is 26.9 Å². The van der Waals surface area contributed by atoms with Crippen LogP contribution in [0.15, 0.2) is 22.5 Å². The fourth-order valence-corrected chi connectivity index (χ4v) is 4.18. The number of rotatable bonds is 6. The van der Waals surface area contributed by atoms with E-state index >= 15 is 0 Å². The van der Waals surface area contributed by atoms with Crippen LogP contribution in [0.25, 0.3) is 0 Å². The van der Waals surface area contributed by atoms with Gasteiger partial charge in [-0.25, -0.2) is 4.99 Å². The first kappa shape index (κ1) is 19.1. The molecule has 0 bridgehead atoms. The molecule has 1 aliphatic rings. The summed E-state index contributed by atoms with van der Waals surface area (Å²) < 4.78 is 0. The zero-order chi connectivity index (χ0) is 17.4. The van der Waals surface area contributed by atoms with Crippen molar-refractivity contribution in [1.82, 2.24) is 15.5 Å². The van der Waals surface area contributed by atoms with Crippen LogP contribution in [-0.4, -0.2) is 55.0 Å². The van der Waals surface area contributed by atoms with Crippen molar-refractivity contribution in [2.45, 2.75) is 43.5 Å². The molecule has 0 radical (unpaired) electrons. The van der Waals surface area contributed by atoms with E-state index in [1.54, 1.807) is 30.3 Å². The molecule has 1 heterocycles. The molecule has 0 spiro atoms. The SMILES string of the molecule is CSC1CCCC(NC(=NCC(=O)N(C)C)NCc2cccs2)C1. The molecule has 5 nitrogen and oxygen atoms in total. The van der Waals surface area contributed by atoms with Crippen LogP contribution in [0.2, 0.25) is 0 Å². The van der Waals surface area contributed by atoms with Gasteiger partial charge in [-0.05, 0) is 37.0 Å². The number of thioether (sulfide) groups is 1. The van der Waals surface area contributed by atoms with Crippen molar-refractivity contribution in [2.24, 2.45) is 4.99 Å². The molecule has 1 amide bonds. The fraction of sp³-hybridized carbons (Fsp3) is 0.647. The normalized spacial score (nSPS) is 21.4. The first-order valence-electron chi connectivity index (χ1n) is 8.38. The van der Waals surface area contributed by atoms with E-state index in [4.69, 9.17) is 0 Å². The Balaban J connectivity index is 1.95. The van der Waals surface area contributed by atoms with Crippen LogP contribution in [-0.2, 0) is 11.3 Å². The summed E-state index contributed by atoms with van der Waals surface area (Å²) in [4.78, 5) is 19.2. The second kappa shape index (κ2) is 9.93. The number of carbonyl (C=O) groups is 1. The van der Waals surface area contributed by atoms with E-state index in [2.05, 4.69) is 33.3 Å². The average molecular weight is 369 g/mol. The molecule has 134 valence electrons. The summed E-state index contributed by atoms with van der Waals surface area (Å²) in [6.07, 6.45) is 7.05. The van der Waals surface area contributed by atoms with E-state index in [0.29, 0.717) is 6.04 Å². The van der Waals surface area contributed by atoms with Crippen LogP contribution in [0.3, 0.4) is 0 Å². The summed E-state index contributed by atoms with van der Waals surface area (Å²) in [5.41, 5.74) is 0. The van der Waals surface area contributed by atoms with Crippen molar-refractivity contribution in [1.29, 1.82) is 0 Å². The monoisotopic (exact) mass is 368 g/mol. The van der Waals surface area contributed by atoms with Crippen LogP contribution in [0.1, 0.15) is 30.6 Å². The Morgan fingerprint density at radius 2 is 2.29 bits per heavy atom. The highest BCUT2D eigenvalue weighted by Crippen LogP contribution is 2.26. The quantitative estimate of drug-likeness (QED) is 0.598. The molecule has 1 aromatic rings. The topological polar surface area (TPSA) is 56.7 Å². The Labute approximate surface area is 153 Å². The van der Waals surface area contributed by atoms with Gasteiger partial charge < -0.3 is 15.5 Å². The van der Waals surface area contributed by atoms with Crippen molar-refractivity contribution in [3.8, 4) is 0 Å². The van der Waals surface area contributed by atoms with Gasteiger partial charge in [-0.1, -0.05) is 12.5 Å². The van der Waals surface area contributed by atoms with Crippen molar-refractivity contribution >= 4 is 35.0 Å². The molecule has 2 atom stereocenters. The molecule has 24 heavy (non-hydrogen) atoms. The first-order valence-corrected chi connectivity index (χ1v) is 10.6. The Bertz CT molecular complexity index is 531. The van der Waals surface area contributed by atoms with Crippen LogP contribution in [0, 0.1) is 0 Å². The van der Waals surface area contributed by atoms with Crippen molar-refractivity contribution in [3.05, 3.63) is 22.4 Å². The highest BCUT2D eigenvalue weighted by molar-refractivity contribution is 7.99. The number of amides is 1. The smallest absolute Gasteiger partial charge is 0.243 e. The molecule has 2 rings (SSSR count). The second-order valence-corrected chi connectivity index (χ2v) is 8.42. The maximum absolute atomic E-state index is 11.8. The zero-order valence-electron chi connectivity index (χ0n) is 14.7. The van der Waals surface area contributed by atoms with Crippen molar-refractivity contribution in [3.63, 3.8) is 0 Å². The standard InChI is InChI=1S/C17H28N4OS2/c1-21(2)16(22)12-19-17(18-11-15-8-5-9-24-15)20-13-6-4-7-14(10-13)23-3/h5,8-9,13-14H,4,6-7,10-12H2,1-3H3,(H2,18,19,20). The maximum atomic E-state index is 11.8. The Morgan fingerprint density at radius 1 is 1.46 bits per heavy atom. The minimum atomic E-state index is 0.0119. The molecule has 1 fully saturated rings. The summed E-state index contributed by atoms with van der Waals surface area (Å²) in [7, 11) is 3.52. The first-order chi connectivity index (χ1) is 11.6. The predicted octanol–water partition coefficient (Wildman–Crippen LogP) is 2.55. The third-order valence-electron chi connectivity index (χ3n) is 4.18. The number of thiophene rings is 1. The summed E-state index contributed by atoms with van der Waals surface area (Å²) in [6, 6.07) is 4.58. The molecule has 2 unspecified atom stereocenters. The fourth-order valence-electron chi connectivity index (χ4n) is 2.71. The van der Waals surface area contributed by atoms with Gasteiger partial charge in [-0.15, -0.1) is 11.3 Å².